The number of benzene rings is 1. The summed E-state index contributed by atoms with van der Waals surface area (Å²) >= 11 is 0. The molecule has 3 rings (SSSR count). The van der Waals surface area contributed by atoms with E-state index in [1.807, 2.05) is 31.2 Å². The number of rotatable bonds is 12. The molecule has 180 valence electrons. The van der Waals surface area contributed by atoms with Gasteiger partial charge in [-0.1, -0.05) is 29.8 Å². The lowest BCUT2D eigenvalue weighted by Crippen LogP contribution is -2.45. The Hall–Kier alpha value is -2.68. The molecule has 0 saturated carbocycles. The molecule has 8 nitrogen and oxygen atoms in total. The van der Waals surface area contributed by atoms with E-state index < -0.39 is 17.9 Å². The average Bonchev–Trinajstić information content (AvgIpc) is 3.24. The van der Waals surface area contributed by atoms with Gasteiger partial charge in [0, 0.05) is 23.8 Å². The zero-order valence-electron chi connectivity index (χ0n) is 19.3. The molecule has 8 heteroatoms. The fourth-order valence-corrected chi connectivity index (χ4v) is 4.20. The number of carbonyl (C=O) groups excluding carboxylic acids is 2. The van der Waals surface area contributed by atoms with Gasteiger partial charge in [0.25, 0.3) is 0 Å². The summed E-state index contributed by atoms with van der Waals surface area (Å²) < 4.78 is 16.5. The first kappa shape index (κ1) is 25.0. The fraction of sp³-hybridized carbons (Fsp3) is 0.520. The molecular formula is C25H34N2O6. The van der Waals surface area contributed by atoms with Gasteiger partial charge in [-0.15, -0.1) is 0 Å². The van der Waals surface area contributed by atoms with Crippen LogP contribution in [0.25, 0.3) is 11.0 Å². The molecule has 0 aliphatic heterocycles. The number of hydroxylamine groups is 1. The number of carbonyl (C=O) groups is 2. The minimum Gasteiger partial charge on any atom is -0.464 e. The van der Waals surface area contributed by atoms with Crippen LogP contribution >= 0.6 is 0 Å². The van der Waals surface area contributed by atoms with Gasteiger partial charge >= 0.3 is 0 Å². The van der Waals surface area contributed by atoms with Crippen LogP contribution in [-0.4, -0.2) is 43.1 Å². The Morgan fingerprint density at radius 2 is 2.09 bits per heavy atom. The summed E-state index contributed by atoms with van der Waals surface area (Å²) in [6.45, 7) is 4.79. The lowest BCUT2D eigenvalue weighted by atomic mass is 9.88. The molecule has 1 aliphatic rings. The zero-order chi connectivity index (χ0) is 23.6. The predicted molar refractivity (Wildman–Crippen MR) is 123 cm³/mol. The Labute approximate surface area is 194 Å². The quantitative estimate of drug-likeness (QED) is 0.147. The van der Waals surface area contributed by atoms with Crippen LogP contribution < -0.4 is 10.8 Å². The first-order valence-electron chi connectivity index (χ1n) is 11.5. The highest BCUT2D eigenvalue weighted by molar-refractivity contribution is 5.83. The summed E-state index contributed by atoms with van der Waals surface area (Å²) in [5, 5.41) is 13.3. The largest absolute Gasteiger partial charge is 0.464 e. The predicted octanol–water partition coefficient (Wildman–Crippen LogP) is 3.73. The van der Waals surface area contributed by atoms with E-state index in [9.17, 15) is 14.8 Å². The molecule has 0 saturated heterocycles. The van der Waals surface area contributed by atoms with E-state index in [1.54, 1.807) is 11.7 Å². The fourth-order valence-electron chi connectivity index (χ4n) is 4.20. The van der Waals surface area contributed by atoms with Crippen molar-refractivity contribution in [3.8, 4) is 0 Å². The van der Waals surface area contributed by atoms with E-state index in [0.29, 0.717) is 25.9 Å². The number of amides is 2. The Kier molecular flexibility index (Phi) is 9.47. The van der Waals surface area contributed by atoms with Gasteiger partial charge in [-0.05, 0) is 57.6 Å². The molecular weight excluding hydrogens is 424 g/mol. The summed E-state index contributed by atoms with van der Waals surface area (Å²) in [6.07, 6.45) is 6.83. The molecule has 1 aliphatic carbocycles. The van der Waals surface area contributed by atoms with Crippen LogP contribution in [0, 0.1) is 11.8 Å². The van der Waals surface area contributed by atoms with Crippen molar-refractivity contribution in [2.24, 2.45) is 11.8 Å². The molecule has 0 fully saturated rings. The number of fused-ring (bicyclic) bond motifs is 1. The minimum absolute atomic E-state index is 0.0410. The Morgan fingerprint density at radius 3 is 2.82 bits per heavy atom. The van der Waals surface area contributed by atoms with Crippen molar-refractivity contribution in [2.75, 3.05) is 20.0 Å². The third kappa shape index (κ3) is 7.15. The highest BCUT2D eigenvalue weighted by atomic mass is 16.7. The van der Waals surface area contributed by atoms with Gasteiger partial charge in [-0.25, -0.2) is 5.48 Å². The van der Waals surface area contributed by atoms with Crippen LogP contribution in [0.1, 0.15) is 45.1 Å². The van der Waals surface area contributed by atoms with Crippen molar-refractivity contribution < 1.29 is 28.7 Å². The van der Waals surface area contributed by atoms with Crippen molar-refractivity contribution in [1.29, 1.82) is 0 Å². The topological polar surface area (TPSA) is 110 Å². The average molecular weight is 459 g/mol. The molecule has 0 spiro atoms. The van der Waals surface area contributed by atoms with Gasteiger partial charge < -0.3 is 19.2 Å². The number of para-hydroxylation sites is 1. The SMILES string of the molecule is CCOCOCC(CC(Cc1coc2ccccc12)C(=O)NO)NC(=O)C1CC=C(C)CC1. The van der Waals surface area contributed by atoms with Gasteiger partial charge in [-0.2, -0.15) is 0 Å². The maximum Gasteiger partial charge on any atom is 0.246 e. The highest BCUT2D eigenvalue weighted by Gasteiger charge is 2.28. The van der Waals surface area contributed by atoms with Crippen LogP contribution in [-0.2, 0) is 25.5 Å². The summed E-state index contributed by atoms with van der Waals surface area (Å²) in [7, 11) is 0. The molecule has 1 heterocycles. The molecule has 0 bridgehead atoms. The van der Waals surface area contributed by atoms with E-state index in [-0.39, 0.29) is 25.2 Å². The Bertz CT molecular complexity index is 953. The zero-order valence-corrected chi connectivity index (χ0v) is 19.3. The van der Waals surface area contributed by atoms with Crippen molar-refractivity contribution in [3.05, 3.63) is 47.7 Å². The standard InChI is InChI=1S/C25H34N2O6/c1-3-31-16-32-15-21(26-24(28)18-10-8-17(2)9-11-18)13-19(25(29)27-30)12-20-14-33-23-7-5-4-6-22(20)23/h4-8,14,18-19,21,30H,3,9-13,15-16H2,1-2H3,(H,26,28)(H,27,29). The van der Waals surface area contributed by atoms with Crippen LogP contribution in [0.5, 0.6) is 0 Å². The first-order chi connectivity index (χ1) is 16.0. The lowest BCUT2D eigenvalue weighted by Gasteiger charge is -2.26. The second kappa shape index (κ2) is 12.5. The minimum atomic E-state index is -0.592. The molecule has 3 N–H and O–H groups in total. The van der Waals surface area contributed by atoms with Crippen molar-refractivity contribution in [1.82, 2.24) is 10.8 Å². The van der Waals surface area contributed by atoms with Crippen LogP contribution in [0.3, 0.4) is 0 Å². The molecule has 1 aromatic carbocycles. The van der Waals surface area contributed by atoms with Crippen molar-refractivity contribution >= 4 is 22.8 Å². The van der Waals surface area contributed by atoms with Gasteiger partial charge in [0.05, 0.1) is 18.9 Å². The van der Waals surface area contributed by atoms with E-state index in [1.165, 1.54) is 5.57 Å². The number of furan rings is 1. The molecule has 2 aromatic rings. The summed E-state index contributed by atoms with van der Waals surface area (Å²) in [6, 6.07) is 7.19. The third-order valence-corrected chi connectivity index (χ3v) is 6.12. The highest BCUT2D eigenvalue weighted by Crippen LogP contribution is 2.26. The summed E-state index contributed by atoms with van der Waals surface area (Å²) in [4.78, 5) is 25.5. The number of allylic oxidation sites excluding steroid dienone is 2. The van der Waals surface area contributed by atoms with E-state index in [4.69, 9.17) is 13.9 Å². The maximum atomic E-state index is 12.9. The number of hydrogen-bond acceptors (Lipinski definition) is 6. The number of hydrogen-bond donors (Lipinski definition) is 3. The smallest absolute Gasteiger partial charge is 0.246 e. The molecule has 0 radical (unpaired) electrons. The van der Waals surface area contributed by atoms with Crippen LogP contribution in [0.4, 0.5) is 0 Å². The molecule has 1 aromatic heterocycles. The van der Waals surface area contributed by atoms with E-state index >= 15 is 0 Å². The van der Waals surface area contributed by atoms with Crippen molar-refractivity contribution in [3.63, 3.8) is 0 Å². The van der Waals surface area contributed by atoms with E-state index in [0.717, 1.165) is 29.4 Å². The second-order valence-corrected chi connectivity index (χ2v) is 8.58. The Morgan fingerprint density at radius 1 is 1.27 bits per heavy atom. The summed E-state index contributed by atoms with van der Waals surface area (Å²) in [5.41, 5.74) is 4.69. The van der Waals surface area contributed by atoms with Crippen LogP contribution in [0.15, 0.2) is 46.6 Å². The monoisotopic (exact) mass is 458 g/mol. The van der Waals surface area contributed by atoms with Gasteiger partial charge in [-0.3, -0.25) is 14.8 Å². The normalized spacial score (nSPS) is 17.9. The molecule has 33 heavy (non-hydrogen) atoms. The van der Waals surface area contributed by atoms with Crippen LogP contribution in [0.2, 0.25) is 0 Å². The van der Waals surface area contributed by atoms with Gasteiger partial charge in [0.1, 0.15) is 12.4 Å². The Balaban J connectivity index is 1.71. The van der Waals surface area contributed by atoms with Gasteiger partial charge in [0.2, 0.25) is 11.8 Å². The van der Waals surface area contributed by atoms with Gasteiger partial charge in [0.15, 0.2) is 0 Å². The van der Waals surface area contributed by atoms with Crippen molar-refractivity contribution in [2.45, 2.75) is 52.0 Å². The summed E-state index contributed by atoms with van der Waals surface area (Å²) in [5.74, 6) is -1.24. The maximum absolute atomic E-state index is 12.9. The third-order valence-electron chi connectivity index (χ3n) is 6.12. The lowest BCUT2D eigenvalue weighted by molar-refractivity contribution is -0.135. The first-order valence-corrected chi connectivity index (χ1v) is 11.5. The molecule has 2 amide bonds. The van der Waals surface area contributed by atoms with E-state index in [2.05, 4.69) is 18.3 Å². The number of nitrogens with one attached hydrogen (secondary N) is 2. The second-order valence-electron chi connectivity index (χ2n) is 8.58. The molecule has 3 unspecified atom stereocenters. The number of ether oxygens (including phenoxy) is 2. The molecule has 3 atom stereocenters.